The smallest absolute Gasteiger partial charge is 0.247 e. The van der Waals surface area contributed by atoms with Crippen LogP contribution in [0.15, 0.2) is 24.3 Å². The number of benzene rings is 1. The fourth-order valence-electron chi connectivity index (χ4n) is 3.57. The topological polar surface area (TPSA) is 40.6 Å². The number of hydrogen-bond acceptors (Lipinski definition) is 4. The van der Waals surface area contributed by atoms with E-state index in [1.807, 2.05) is 24.3 Å². The van der Waals surface area contributed by atoms with Crippen LogP contribution in [0.1, 0.15) is 26.7 Å². The molecule has 25 heavy (non-hydrogen) atoms. The first-order valence-electron chi connectivity index (χ1n) is 8.43. The van der Waals surface area contributed by atoms with Crippen LogP contribution in [0.25, 0.3) is 0 Å². The Balaban J connectivity index is 1.68. The van der Waals surface area contributed by atoms with Gasteiger partial charge in [0.05, 0.1) is 5.69 Å². The van der Waals surface area contributed by atoms with Crippen LogP contribution in [0.2, 0.25) is 0 Å². The lowest BCUT2D eigenvalue weighted by Crippen LogP contribution is -2.41. The molecule has 0 spiro atoms. The summed E-state index contributed by atoms with van der Waals surface area (Å²) in [5.74, 6) is 0.904. The van der Waals surface area contributed by atoms with Crippen LogP contribution in [0.4, 0.5) is 5.69 Å². The van der Waals surface area contributed by atoms with E-state index >= 15 is 0 Å². The molecule has 0 N–H and O–H groups in total. The van der Waals surface area contributed by atoms with Gasteiger partial charge in [-0.2, -0.15) is 0 Å². The van der Waals surface area contributed by atoms with Gasteiger partial charge in [0.15, 0.2) is 0 Å². The molecule has 2 heterocycles. The summed E-state index contributed by atoms with van der Waals surface area (Å²) in [5.41, 5.74) is 0.643. The number of imide groups is 1. The summed E-state index contributed by atoms with van der Waals surface area (Å²) in [6.45, 7) is 6.34. The Morgan fingerprint density at radius 2 is 1.76 bits per heavy atom. The Hall–Kier alpha value is -0.670. The number of thioether (sulfide) groups is 1. The Kier molecular flexibility index (Phi) is 6.05. The first-order valence-corrected chi connectivity index (χ1v) is 10.8. The molecular weight excluding hydrogens is 467 g/mol. The number of nitrogens with zero attached hydrogens (tertiary/aromatic N) is 2. The zero-order chi connectivity index (χ0) is 18.1. The number of halogens is 1. The molecule has 134 valence electrons. The van der Waals surface area contributed by atoms with E-state index in [0.29, 0.717) is 17.5 Å². The predicted molar refractivity (Wildman–Crippen MR) is 115 cm³/mol. The molecule has 0 aliphatic carbocycles. The minimum absolute atomic E-state index is 0.146. The van der Waals surface area contributed by atoms with Gasteiger partial charge in [0, 0.05) is 23.1 Å². The van der Waals surface area contributed by atoms with E-state index in [9.17, 15) is 9.59 Å². The maximum Gasteiger partial charge on any atom is 0.247 e. The Morgan fingerprint density at radius 3 is 2.36 bits per heavy atom. The average Bonchev–Trinajstić information content (AvgIpc) is 2.81. The van der Waals surface area contributed by atoms with Crippen LogP contribution in [0, 0.1) is 15.4 Å². The molecule has 2 amide bonds. The molecule has 0 unspecified atom stereocenters. The van der Waals surface area contributed by atoms with Gasteiger partial charge in [0.25, 0.3) is 0 Å². The third kappa shape index (κ3) is 4.36. The normalized spacial score (nSPS) is 27.1. The van der Waals surface area contributed by atoms with Gasteiger partial charge >= 0.3 is 0 Å². The molecule has 0 radical (unpaired) electrons. The van der Waals surface area contributed by atoms with E-state index in [1.54, 1.807) is 0 Å². The molecule has 7 heteroatoms. The van der Waals surface area contributed by atoms with Crippen LogP contribution in [0.3, 0.4) is 0 Å². The van der Waals surface area contributed by atoms with Crippen molar-refractivity contribution in [2.45, 2.75) is 31.9 Å². The van der Waals surface area contributed by atoms with Crippen molar-refractivity contribution in [1.29, 1.82) is 0 Å². The SMILES string of the molecule is C[C@H]1C[C@H](C)CN(C(=S)S[C@@H]2CC(=O)N(c3ccc(I)cc3)C2=O)C1. The summed E-state index contributed by atoms with van der Waals surface area (Å²) < 4.78 is 1.81. The van der Waals surface area contributed by atoms with E-state index in [2.05, 4.69) is 41.3 Å². The number of hydrogen-bond donors (Lipinski definition) is 0. The summed E-state index contributed by atoms with van der Waals surface area (Å²) in [7, 11) is 0. The number of carbonyl (C=O) groups excluding carboxylic acids is 2. The standard InChI is InChI=1S/C18H21IN2O2S2/c1-11-7-12(2)10-20(9-11)18(24)25-15-8-16(22)21(17(15)23)14-5-3-13(19)4-6-14/h3-6,11-12,15H,7-10H2,1-2H3/t11-,12-,15+/m0/s1. The first kappa shape index (κ1) is 19.1. The molecule has 2 aliphatic rings. The number of piperidine rings is 1. The second kappa shape index (κ2) is 7.92. The highest BCUT2D eigenvalue weighted by atomic mass is 127. The molecule has 0 saturated carbocycles. The molecule has 2 saturated heterocycles. The lowest BCUT2D eigenvalue weighted by Gasteiger charge is -2.36. The third-order valence-corrected chi connectivity index (χ3v) is 6.94. The van der Waals surface area contributed by atoms with E-state index in [1.165, 1.54) is 23.1 Å². The Morgan fingerprint density at radius 1 is 1.16 bits per heavy atom. The second-order valence-corrected chi connectivity index (χ2v) is 10.1. The number of anilines is 1. The molecule has 0 aromatic heterocycles. The molecule has 4 nitrogen and oxygen atoms in total. The molecule has 0 bridgehead atoms. The fourth-order valence-corrected chi connectivity index (χ4v) is 5.40. The quantitative estimate of drug-likeness (QED) is 0.359. The van der Waals surface area contributed by atoms with Gasteiger partial charge in [-0.05, 0) is 65.1 Å². The maximum absolute atomic E-state index is 12.8. The minimum Gasteiger partial charge on any atom is -0.357 e. The van der Waals surface area contributed by atoms with Crippen LogP contribution >= 0.6 is 46.6 Å². The number of thiocarbonyl (C=S) groups is 1. The zero-order valence-corrected chi connectivity index (χ0v) is 18.1. The Labute approximate surface area is 171 Å². The molecule has 2 fully saturated rings. The van der Waals surface area contributed by atoms with Gasteiger partial charge in [-0.15, -0.1) is 0 Å². The highest BCUT2D eigenvalue weighted by Crippen LogP contribution is 2.33. The summed E-state index contributed by atoms with van der Waals surface area (Å²) in [6.07, 6.45) is 1.43. The van der Waals surface area contributed by atoms with E-state index in [-0.39, 0.29) is 18.2 Å². The molecule has 3 atom stereocenters. The van der Waals surface area contributed by atoms with E-state index < -0.39 is 5.25 Å². The van der Waals surface area contributed by atoms with Gasteiger partial charge in [-0.3, -0.25) is 9.59 Å². The molecule has 3 rings (SSSR count). The van der Waals surface area contributed by atoms with Crippen molar-refractivity contribution in [1.82, 2.24) is 4.90 Å². The van der Waals surface area contributed by atoms with Crippen LogP contribution in [-0.4, -0.2) is 39.4 Å². The van der Waals surface area contributed by atoms with Gasteiger partial charge < -0.3 is 4.90 Å². The highest BCUT2D eigenvalue weighted by molar-refractivity contribution is 14.1. The van der Waals surface area contributed by atoms with Crippen LogP contribution in [-0.2, 0) is 9.59 Å². The fraction of sp³-hybridized carbons (Fsp3) is 0.500. The van der Waals surface area contributed by atoms with Crippen molar-refractivity contribution in [2.75, 3.05) is 18.0 Å². The summed E-state index contributed by atoms with van der Waals surface area (Å²) in [6, 6.07) is 7.43. The number of carbonyl (C=O) groups is 2. The molecule has 1 aromatic rings. The summed E-state index contributed by atoms with van der Waals surface area (Å²) in [5, 5.41) is -0.410. The lowest BCUT2D eigenvalue weighted by atomic mass is 9.92. The van der Waals surface area contributed by atoms with Gasteiger partial charge in [-0.1, -0.05) is 37.8 Å². The van der Waals surface area contributed by atoms with Gasteiger partial charge in [-0.25, -0.2) is 4.90 Å². The van der Waals surface area contributed by atoms with Gasteiger partial charge in [0.1, 0.15) is 9.57 Å². The largest absolute Gasteiger partial charge is 0.357 e. The Bertz CT molecular complexity index is 685. The lowest BCUT2D eigenvalue weighted by molar-refractivity contribution is -0.121. The highest BCUT2D eigenvalue weighted by Gasteiger charge is 2.41. The van der Waals surface area contributed by atoms with Crippen LogP contribution < -0.4 is 4.90 Å². The second-order valence-electron chi connectivity index (χ2n) is 6.97. The van der Waals surface area contributed by atoms with Crippen molar-refractivity contribution in [3.05, 3.63) is 27.8 Å². The van der Waals surface area contributed by atoms with Crippen molar-refractivity contribution in [3.8, 4) is 0 Å². The number of rotatable bonds is 2. The minimum atomic E-state index is -0.410. The van der Waals surface area contributed by atoms with Crippen molar-refractivity contribution >= 4 is 68.4 Å². The maximum atomic E-state index is 12.8. The van der Waals surface area contributed by atoms with E-state index in [0.717, 1.165) is 21.0 Å². The predicted octanol–water partition coefficient (Wildman–Crippen LogP) is 3.92. The van der Waals surface area contributed by atoms with E-state index in [4.69, 9.17) is 12.2 Å². The van der Waals surface area contributed by atoms with Crippen molar-refractivity contribution in [3.63, 3.8) is 0 Å². The first-order chi connectivity index (χ1) is 11.8. The monoisotopic (exact) mass is 488 g/mol. The number of likely N-dealkylation sites (tertiary alicyclic amines) is 1. The molecule has 2 aliphatic heterocycles. The molecule has 1 aromatic carbocycles. The third-order valence-electron chi connectivity index (χ3n) is 4.56. The summed E-state index contributed by atoms with van der Waals surface area (Å²) in [4.78, 5) is 28.6. The summed E-state index contributed by atoms with van der Waals surface area (Å²) >= 11 is 9.16. The zero-order valence-electron chi connectivity index (χ0n) is 14.3. The van der Waals surface area contributed by atoms with Crippen molar-refractivity contribution < 1.29 is 9.59 Å². The van der Waals surface area contributed by atoms with Crippen LogP contribution in [0.5, 0.6) is 0 Å². The van der Waals surface area contributed by atoms with Crippen molar-refractivity contribution in [2.24, 2.45) is 11.8 Å². The molecular formula is C18H21IN2O2S2. The number of amides is 2. The average molecular weight is 488 g/mol. The van der Waals surface area contributed by atoms with Gasteiger partial charge in [0.2, 0.25) is 11.8 Å².